The molecule has 3 nitrogen and oxygen atoms in total. The van der Waals surface area contributed by atoms with Gasteiger partial charge in [-0.2, -0.15) is 0 Å². The SMILES string of the molecule is CC(N)C(c1ccc(Cl)s1)N1CCN(C)CC1C. The fraction of sp³-hybridized carbons (Fsp3) is 0.692. The lowest BCUT2D eigenvalue weighted by atomic mass is 10.0. The van der Waals surface area contributed by atoms with E-state index in [1.165, 1.54) is 4.88 Å². The minimum Gasteiger partial charge on any atom is -0.326 e. The number of hydrogen-bond acceptors (Lipinski definition) is 4. The van der Waals surface area contributed by atoms with Gasteiger partial charge in [-0.1, -0.05) is 11.6 Å². The van der Waals surface area contributed by atoms with Crippen LogP contribution in [0.4, 0.5) is 0 Å². The van der Waals surface area contributed by atoms with E-state index in [2.05, 4.69) is 36.8 Å². The molecule has 1 saturated heterocycles. The Morgan fingerprint density at radius 3 is 2.67 bits per heavy atom. The third kappa shape index (κ3) is 3.06. The number of piperazine rings is 1. The molecule has 18 heavy (non-hydrogen) atoms. The largest absolute Gasteiger partial charge is 0.326 e. The van der Waals surface area contributed by atoms with Gasteiger partial charge in [0.15, 0.2) is 0 Å². The Bertz CT molecular complexity index is 393. The maximum atomic E-state index is 6.21. The van der Waals surface area contributed by atoms with Crippen molar-refractivity contribution in [3.05, 3.63) is 21.3 Å². The molecule has 0 bridgehead atoms. The molecule has 2 rings (SSSR count). The molecule has 102 valence electrons. The summed E-state index contributed by atoms with van der Waals surface area (Å²) in [5.74, 6) is 0. The zero-order chi connectivity index (χ0) is 13.3. The van der Waals surface area contributed by atoms with Crippen molar-refractivity contribution in [1.82, 2.24) is 9.80 Å². The van der Waals surface area contributed by atoms with E-state index >= 15 is 0 Å². The average Bonchev–Trinajstić information content (AvgIpc) is 2.68. The number of thiophene rings is 1. The van der Waals surface area contributed by atoms with Crippen LogP contribution in [0.3, 0.4) is 0 Å². The van der Waals surface area contributed by atoms with E-state index in [9.17, 15) is 0 Å². The zero-order valence-corrected chi connectivity index (χ0v) is 12.8. The molecule has 3 unspecified atom stereocenters. The quantitative estimate of drug-likeness (QED) is 0.927. The second-order valence-corrected chi connectivity index (χ2v) is 7.04. The summed E-state index contributed by atoms with van der Waals surface area (Å²) >= 11 is 7.71. The molecule has 0 amide bonds. The highest BCUT2D eigenvalue weighted by molar-refractivity contribution is 7.16. The molecule has 1 aliphatic rings. The Morgan fingerprint density at radius 2 is 2.17 bits per heavy atom. The third-order valence-corrected chi connectivity index (χ3v) is 4.92. The number of rotatable bonds is 3. The Labute approximate surface area is 119 Å². The predicted molar refractivity (Wildman–Crippen MR) is 79.4 cm³/mol. The third-order valence-electron chi connectivity index (χ3n) is 3.62. The van der Waals surface area contributed by atoms with Crippen LogP contribution in [0.25, 0.3) is 0 Å². The van der Waals surface area contributed by atoms with E-state index in [0.717, 1.165) is 24.0 Å². The van der Waals surface area contributed by atoms with E-state index in [0.29, 0.717) is 6.04 Å². The van der Waals surface area contributed by atoms with Gasteiger partial charge in [0.25, 0.3) is 0 Å². The van der Waals surface area contributed by atoms with Crippen molar-refractivity contribution in [2.24, 2.45) is 5.73 Å². The van der Waals surface area contributed by atoms with Crippen molar-refractivity contribution < 1.29 is 0 Å². The van der Waals surface area contributed by atoms with Gasteiger partial charge < -0.3 is 10.6 Å². The molecule has 0 spiro atoms. The summed E-state index contributed by atoms with van der Waals surface area (Å²) in [6.45, 7) is 7.64. The standard InChI is InChI=1S/C13H22ClN3S/c1-9-8-16(3)6-7-17(9)13(10(2)15)11-4-5-12(14)18-11/h4-5,9-10,13H,6-8,15H2,1-3H3. The lowest BCUT2D eigenvalue weighted by molar-refractivity contribution is 0.0535. The molecule has 1 aliphatic heterocycles. The van der Waals surface area contributed by atoms with Gasteiger partial charge in [-0.15, -0.1) is 11.3 Å². The first-order valence-corrected chi connectivity index (χ1v) is 7.63. The van der Waals surface area contributed by atoms with Crippen molar-refractivity contribution in [3.63, 3.8) is 0 Å². The van der Waals surface area contributed by atoms with Gasteiger partial charge in [-0.05, 0) is 33.0 Å². The smallest absolute Gasteiger partial charge is 0.0931 e. The predicted octanol–water partition coefficient (Wildman–Crippen LogP) is 2.43. The summed E-state index contributed by atoms with van der Waals surface area (Å²) in [6.07, 6.45) is 0. The Hall–Kier alpha value is -0.130. The minimum absolute atomic E-state index is 0.116. The fourth-order valence-electron chi connectivity index (χ4n) is 2.78. The Kier molecular flexibility index (Phi) is 4.67. The topological polar surface area (TPSA) is 32.5 Å². The maximum Gasteiger partial charge on any atom is 0.0931 e. The van der Waals surface area contributed by atoms with Crippen LogP contribution in [0.1, 0.15) is 24.8 Å². The summed E-state index contributed by atoms with van der Waals surface area (Å²) in [6, 6.07) is 5.02. The second kappa shape index (κ2) is 5.88. The van der Waals surface area contributed by atoms with Gasteiger partial charge in [-0.25, -0.2) is 0 Å². The minimum atomic E-state index is 0.116. The van der Waals surface area contributed by atoms with Crippen LogP contribution in [-0.4, -0.2) is 48.6 Å². The van der Waals surface area contributed by atoms with E-state index in [4.69, 9.17) is 17.3 Å². The normalized spacial score (nSPS) is 26.2. The molecule has 2 heterocycles. The molecule has 3 atom stereocenters. The number of hydrogen-bond donors (Lipinski definition) is 1. The lowest BCUT2D eigenvalue weighted by Crippen LogP contribution is -2.54. The fourth-order valence-corrected chi connectivity index (χ4v) is 4.08. The van der Waals surface area contributed by atoms with E-state index < -0.39 is 0 Å². The van der Waals surface area contributed by atoms with E-state index in [-0.39, 0.29) is 12.1 Å². The summed E-state index contributed by atoms with van der Waals surface area (Å²) in [4.78, 5) is 6.18. The van der Waals surface area contributed by atoms with Crippen LogP contribution in [-0.2, 0) is 0 Å². The summed E-state index contributed by atoms with van der Waals surface area (Å²) < 4.78 is 0.845. The van der Waals surface area contributed by atoms with Gasteiger partial charge in [0.1, 0.15) is 0 Å². The average molecular weight is 288 g/mol. The number of halogens is 1. The van der Waals surface area contributed by atoms with Crippen molar-refractivity contribution in [2.75, 3.05) is 26.7 Å². The van der Waals surface area contributed by atoms with Crippen LogP contribution >= 0.6 is 22.9 Å². The number of nitrogens with two attached hydrogens (primary N) is 1. The van der Waals surface area contributed by atoms with Gasteiger partial charge in [0, 0.05) is 36.6 Å². The second-order valence-electron chi connectivity index (χ2n) is 5.29. The zero-order valence-electron chi connectivity index (χ0n) is 11.3. The lowest BCUT2D eigenvalue weighted by Gasteiger charge is -2.44. The molecule has 0 aromatic carbocycles. The molecule has 1 fully saturated rings. The Morgan fingerprint density at radius 1 is 1.44 bits per heavy atom. The highest BCUT2D eigenvalue weighted by atomic mass is 35.5. The Balaban J connectivity index is 2.20. The maximum absolute atomic E-state index is 6.21. The number of likely N-dealkylation sites (N-methyl/N-ethyl adjacent to an activating group) is 1. The molecular formula is C13H22ClN3S. The highest BCUT2D eigenvalue weighted by Crippen LogP contribution is 2.34. The molecule has 5 heteroatoms. The molecule has 0 radical (unpaired) electrons. The van der Waals surface area contributed by atoms with Crippen LogP contribution < -0.4 is 5.73 Å². The van der Waals surface area contributed by atoms with Crippen LogP contribution in [0.2, 0.25) is 4.34 Å². The summed E-state index contributed by atoms with van der Waals surface area (Å²) in [7, 11) is 2.18. The van der Waals surface area contributed by atoms with E-state index in [1.54, 1.807) is 11.3 Å². The van der Waals surface area contributed by atoms with Gasteiger partial charge in [-0.3, -0.25) is 4.90 Å². The first kappa shape index (κ1) is 14.3. The van der Waals surface area contributed by atoms with Crippen molar-refractivity contribution in [2.45, 2.75) is 32.0 Å². The first-order valence-electron chi connectivity index (χ1n) is 6.44. The monoisotopic (exact) mass is 287 g/mol. The highest BCUT2D eigenvalue weighted by Gasteiger charge is 2.32. The summed E-state index contributed by atoms with van der Waals surface area (Å²) in [5, 5.41) is 0. The van der Waals surface area contributed by atoms with Gasteiger partial charge in [0.05, 0.1) is 10.4 Å². The molecule has 0 aliphatic carbocycles. The van der Waals surface area contributed by atoms with E-state index in [1.807, 2.05) is 6.07 Å². The molecule has 1 aromatic rings. The van der Waals surface area contributed by atoms with Crippen molar-refractivity contribution in [1.29, 1.82) is 0 Å². The summed E-state index contributed by atoms with van der Waals surface area (Å²) in [5.41, 5.74) is 6.21. The number of nitrogens with zero attached hydrogens (tertiary/aromatic N) is 2. The van der Waals surface area contributed by atoms with Crippen LogP contribution in [0.5, 0.6) is 0 Å². The van der Waals surface area contributed by atoms with Crippen LogP contribution in [0.15, 0.2) is 12.1 Å². The first-order chi connectivity index (χ1) is 8.49. The van der Waals surface area contributed by atoms with Crippen molar-refractivity contribution >= 4 is 22.9 Å². The molecule has 1 aromatic heterocycles. The van der Waals surface area contributed by atoms with Gasteiger partial charge >= 0.3 is 0 Å². The van der Waals surface area contributed by atoms with Gasteiger partial charge in [0.2, 0.25) is 0 Å². The van der Waals surface area contributed by atoms with Crippen LogP contribution in [0, 0.1) is 0 Å². The molecular weight excluding hydrogens is 266 g/mol. The molecule has 0 saturated carbocycles. The van der Waals surface area contributed by atoms with Crippen molar-refractivity contribution in [3.8, 4) is 0 Å². The molecule has 2 N–H and O–H groups in total.